The molecule has 11 heteroatoms. The third-order valence-corrected chi connectivity index (χ3v) is 6.17. The number of carbonyl (C=O) groups excluding carboxylic acids is 3. The van der Waals surface area contributed by atoms with Crippen LogP contribution in [0.4, 0.5) is 11.4 Å². The summed E-state index contributed by atoms with van der Waals surface area (Å²) in [6.45, 7) is 6.06. The van der Waals surface area contributed by atoms with Gasteiger partial charge in [0.15, 0.2) is 6.10 Å². The van der Waals surface area contributed by atoms with Crippen molar-refractivity contribution < 1.29 is 27.5 Å². The van der Waals surface area contributed by atoms with Crippen molar-refractivity contribution >= 4 is 50.8 Å². The molecule has 2 aromatic carbocycles. The van der Waals surface area contributed by atoms with Crippen LogP contribution in [-0.4, -0.2) is 38.3 Å². The molecule has 0 aromatic heterocycles. The average Bonchev–Trinajstić information content (AvgIpc) is 2.73. The van der Waals surface area contributed by atoms with Crippen LogP contribution in [0.2, 0.25) is 5.02 Å². The predicted molar refractivity (Wildman–Crippen MR) is 125 cm³/mol. The number of nitrogens with one attached hydrogen (secondary N) is 3. The molecule has 2 atom stereocenters. The Morgan fingerprint density at radius 3 is 1.88 bits per heavy atom. The fraction of sp³-hybridized carbons (Fsp3) is 0.318. The van der Waals surface area contributed by atoms with Crippen LogP contribution < -0.4 is 15.4 Å². The molecule has 0 bridgehead atoms. The first-order chi connectivity index (χ1) is 15.4. The van der Waals surface area contributed by atoms with Crippen LogP contribution in [0.15, 0.2) is 53.4 Å². The second kappa shape index (κ2) is 11.3. The lowest BCUT2D eigenvalue weighted by Crippen LogP contribution is -2.47. The lowest BCUT2D eigenvalue weighted by molar-refractivity contribution is -0.155. The first-order valence-corrected chi connectivity index (χ1v) is 11.9. The number of amides is 2. The Hall–Kier alpha value is -2.95. The highest BCUT2D eigenvalue weighted by Gasteiger charge is 2.32. The second-order valence-corrected chi connectivity index (χ2v) is 9.77. The summed E-state index contributed by atoms with van der Waals surface area (Å²) in [5, 5.41) is 5.58. The zero-order valence-electron chi connectivity index (χ0n) is 18.6. The molecule has 9 nitrogen and oxygen atoms in total. The SMILES string of the molecule is CC(=O)Nc1ccc(NC(=O)[C@@H](C)OC(=O)[C@@H](NS(=O)(=O)c2ccc(Cl)cc2)C(C)C)cc1. The number of ether oxygens (including phenoxy) is 1. The summed E-state index contributed by atoms with van der Waals surface area (Å²) in [6.07, 6.45) is -1.19. The van der Waals surface area contributed by atoms with Gasteiger partial charge < -0.3 is 15.4 Å². The van der Waals surface area contributed by atoms with Crippen LogP contribution in [0.3, 0.4) is 0 Å². The summed E-state index contributed by atoms with van der Waals surface area (Å²) in [5.41, 5.74) is 0.994. The van der Waals surface area contributed by atoms with Gasteiger partial charge in [-0.15, -0.1) is 0 Å². The first kappa shape index (κ1) is 26.3. The van der Waals surface area contributed by atoms with Crippen molar-refractivity contribution in [2.24, 2.45) is 5.92 Å². The van der Waals surface area contributed by atoms with E-state index in [0.29, 0.717) is 16.4 Å². The highest BCUT2D eigenvalue weighted by molar-refractivity contribution is 7.89. The van der Waals surface area contributed by atoms with Crippen LogP contribution in [0.1, 0.15) is 27.7 Å². The predicted octanol–water partition coefficient (Wildman–Crippen LogP) is 3.17. The Bertz CT molecular complexity index is 1100. The molecule has 0 fully saturated rings. The maximum atomic E-state index is 12.7. The molecule has 0 spiro atoms. The summed E-state index contributed by atoms with van der Waals surface area (Å²) in [7, 11) is -4.02. The molecule has 2 amide bonds. The third kappa shape index (κ3) is 7.85. The van der Waals surface area contributed by atoms with E-state index in [1.807, 2.05) is 0 Å². The van der Waals surface area contributed by atoms with Crippen LogP contribution in [0, 0.1) is 5.92 Å². The van der Waals surface area contributed by atoms with Crippen molar-refractivity contribution in [2.75, 3.05) is 10.6 Å². The van der Waals surface area contributed by atoms with Gasteiger partial charge in [-0.05, 0) is 61.4 Å². The van der Waals surface area contributed by atoms with E-state index >= 15 is 0 Å². The molecular weight excluding hydrogens is 470 g/mol. The molecule has 3 N–H and O–H groups in total. The normalized spacial score (nSPS) is 13.2. The van der Waals surface area contributed by atoms with E-state index in [2.05, 4.69) is 15.4 Å². The molecule has 0 saturated carbocycles. The number of sulfonamides is 1. The molecule has 0 unspecified atom stereocenters. The fourth-order valence-electron chi connectivity index (χ4n) is 2.69. The topological polar surface area (TPSA) is 131 Å². The number of rotatable bonds is 9. The van der Waals surface area contributed by atoms with Gasteiger partial charge in [-0.25, -0.2) is 8.42 Å². The molecule has 0 heterocycles. The van der Waals surface area contributed by atoms with E-state index in [1.54, 1.807) is 38.1 Å². The number of anilines is 2. The standard InChI is InChI=1S/C22H26ClN3O6S/c1-13(2)20(26-33(30,31)19-11-5-16(23)6-12-19)22(29)32-14(3)21(28)25-18-9-7-17(8-10-18)24-15(4)27/h5-14,20,26H,1-4H3,(H,24,27)(H,25,28)/t14-,20+/m1/s1. The number of halogens is 1. The van der Waals surface area contributed by atoms with E-state index in [-0.39, 0.29) is 10.8 Å². The van der Waals surface area contributed by atoms with Gasteiger partial charge in [0.05, 0.1) is 4.90 Å². The van der Waals surface area contributed by atoms with Crippen LogP contribution >= 0.6 is 11.6 Å². The van der Waals surface area contributed by atoms with E-state index in [9.17, 15) is 22.8 Å². The van der Waals surface area contributed by atoms with Crippen LogP contribution in [0.25, 0.3) is 0 Å². The Labute approximate surface area is 197 Å². The zero-order valence-corrected chi connectivity index (χ0v) is 20.2. The highest BCUT2D eigenvalue weighted by Crippen LogP contribution is 2.17. The minimum absolute atomic E-state index is 0.0566. The minimum atomic E-state index is -4.02. The molecule has 178 valence electrons. The third-order valence-electron chi connectivity index (χ3n) is 4.46. The van der Waals surface area contributed by atoms with Crippen molar-refractivity contribution in [3.05, 3.63) is 53.6 Å². The molecule has 33 heavy (non-hydrogen) atoms. The summed E-state index contributed by atoms with van der Waals surface area (Å²) < 4.78 is 32.9. The number of carbonyl (C=O) groups is 3. The van der Waals surface area contributed by atoms with Crippen LogP contribution in [0.5, 0.6) is 0 Å². The summed E-state index contributed by atoms with van der Waals surface area (Å²) in [4.78, 5) is 36.1. The number of hydrogen-bond donors (Lipinski definition) is 3. The van der Waals surface area contributed by atoms with Gasteiger partial charge in [-0.2, -0.15) is 4.72 Å². The quantitative estimate of drug-likeness (QED) is 0.458. The lowest BCUT2D eigenvalue weighted by Gasteiger charge is -2.23. The Balaban J connectivity index is 2.03. The lowest BCUT2D eigenvalue weighted by atomic mass is 10.1. The largest absolute Gasteiger partial charge is 0.451 e. The first-order valence-electron chi connectivity index (χ1n) is 10.1. The van der Waals surface area contributed by atoms with Crippen molar-refractivity contribution in [2.45, 2.75) is 44.7 Å². The summed E-state index contributed by atoms with van der Waals surface area (Å²) in [5.74, 6) is -2.15. The van der Waals surface area contributed by atoms with E-state index in [1.165, 1.54) is 38.1 Å². The maximum Gasteiger partial charge on any atom is 0.325 e. The smallest absolute Gasteiger partial charge is 0.325 e. The average molecular weight is 496 g/mol. The minimum Gasteiger partial charge on any atom is -0.451 e. The molecule has 2 aromatic rings. The monoisotopic (exact) mass is 495 g/mol. The van der Waals surface area contributed by atoms with Crippen molar-refractivity contribution in [1.29, 1.82) is 0 Å². The molecule has 0 aliphatic rings. The number of hydrogen-bond acceptors (Lipinski definition) is 6. The van der Waals surface area contributed by atoms with Gasteiger partial charge in [-0.3, -0.25) is 14.4 Å². The zero-order chi connectivity index (χ0) is 24.8. The van der Waals surface area contributed by atoms with Gasteiger partial charge in [0, 0.05) is 23.3 Å². The Morgan fingerprint density at radius 1 is 0.879 bits per heavy atom. The number of benzene rings is 2. The molecule has 2 rings (SSSR count). The Kier molecular flexibility index (Phi) is 8.98. The van der Waals surface area contributed by atoms with Gasteiger partial charge >= 0.3 is 5.97 Å². The summed E-state index contributed by atoms with van der Waals surface area (Å²) in [6, 6.07) is 10.6. The molecule has 0 saturated heterocycles. The molecule has 0 aliphatic heterocycles. The molecule has 0 aliphatic carbocycles. The van der Waals surface area contributed by atoms with Crippen molar-refractivity contribution in [3.63, 3.8) is 0 Å². The maximum absolute atomic E-state index is 12.7. The van der Waals surface area contributed by atoms with Gasteiger partial charge in [-0.1, -0.05) is 25.4 Å². The van der Waals surface area contributed by atoms with Crippen molar-refractivity contribution in [1.82, 2.24) is 4.72 Å². The van der Waals surface area contributed by atoms with E-state index in [4.69, 9.17) is 16.3 Å². The van der Waals surface area contributed by atoms with Crippen LogP contribution in [-0.2, 0) is 29.1 Å². The fourth-order valence-corrected chi connectivity index (χ4v) is 4.15. The number of esters is 1. The Morgan fingerprint density at radius 2 is 1.39 bits per heavy atom. The van der Waals surface area contributed by atoms with Gasteiger partial charge in [0.25, 0.3) is 5.91 Å². The summed E-state index contributed by atoms with van der Waals surface area (Å²) >= 11 is 5.80. The molecular formula is C22H26ClN3O6S. The van der Waals surface area contributed by atoms with E-state index in [0.717, 1.165) is 0 Å². The van der Waals surface area contributed by atoms with E-state index < -0.39 is 40.0 Å². The highest BCUT2D eigenvalue weighted by atomic mass is 35.5. The van der Waals surface area contributed by atoms with Gasteiger partial charge in [0.1, 0.15) is 6.04 Å². The second-order valence-electron chi connectivity index (χ2n) is 7.62. The van der Waals surface area contributed by atoms with Gasteiger partial charge in [0.2, 0.25) is 15.9 Å². The van der Waals surface area contributed by atoms with Crippen molar-refractivity contribution in [3.8, 4) is 0 Å². The molecule has 0 radical (unpaired) electrons.